The van der Waals surface area contributed by atoms with Crippen molar-refractivity contribution in [1.29, 1.82) is 0 Å². The van der Waals surface area contributed by atoms with E-state index in [0.717, 1.165) is 6.42 Å². The molecule has 0 rings (SSSR count). The summed E-state index contributed by atoms with van der Waals surface area (Å²) in [7, 11) is 0. The van der Waals surface area contributed by atoms with E-state index in [9.17, 15) is 13.2 Å². The second-order valence-corrected chi connectivity index (χ2v) is 4.00. The number of halogens is 3. The maximum Gasteiger partial charge on any atom is 0.411 e. The molecule has 92 valence electrons. The maximum absolute atomic E-state index is 11.7. The van der Waals surface area contributed by atoms with E-state index >= 15 is 0 Å². The highest BCUT2D eigenvalue weighted by Gasteiger charge is 2.27. The highest BCUT2D eigenvalue weighted by molar-refractivity contribution is 4.57. The molecule has 1 N–H and O–H groups in total. The van der Waals surface area contributed by atoms with Crippen LogP contribution in [0.15, 0.2) is 0 Å². The standard InChI is InChI=1S/C10H19F3O2/c1-8(6-9(2)14)4-3-5-15-7-10(11,12)13/h8-9,14H,3-7H2,1-2H3. The smallest absolute Gasteiger partial charge is 0.393 e. The molecule has 0 radical (unpaired) electrons. The van der Waals surface area contributed by atoms with E-state index in [0.29, 0.717) is 18.8 Å². The van der Waals surface area contributed by atoms with Crippen molar-refractivity contribution in [3.8, 4) is 0 Å². The summed E-state index contributed by atoms with van der Waals surface area (Å²) in [6.07, 6.45) is -2.52. The van der Waals surface area contributed by atoms with Crippen LogP contribution in [0.3, 0.4) is 0 Å². The van der Waals surface area contributed by atoms with Crippen LogP contribution in [-0.4, -0.2) is 30.6 Å². The Kier molecular flexibility index (Phi) is 6.92. The van der Waals surface area contributed by atoms with Gasteiger partial charge in [-0.05, 0) is 32.1 Å². The van der Waals surface area contributed by atoms with Gasteiger partial charge in [-0.1, -0.05) is 6.92 Å². The SMILES string of the molecule is CC(O)CC(C)CCCOCC(F)(F)F. The number of ether oxygens (including phenoxy) is 1. The zero-order chi connectivity index (χ0) is 11.9. The normalized spacial score (nSPS) is 16.4. The summed E-state index contributed by atoms with van der Waals surface area (Å²) in [4.78, 5) is 0. The number of aliphatic hydroxyl groups is 1. The van der Waals surface area contributed by atoms with Crippen LogP contribution in [0.5, 0.6) is 0 Å². The van der Waals surface area contributed by atoms with Crippen LogP contribution in [0, 0.1) is 5.92 Å². The molecule has 0 saturated carbocycles. The molecule has 0 saturated heterocycles. The van der Waals surface area contributed by atoms with Crippen molar-refractivity contribution in [3.63, 3.8) is 0 Å². The Morgan fingerprint density at radius 1 is 1.27 bits per heavy atom. The van der Waals surface area contributed by atoms with Gasteiger partial charge in [-0.25, -0.2) is 0 Å². The lowest BCUT2D eigenvalue weighted by molar-refractivity contribution is -0.174. The van der Waals surface area contributed by atoms with Crippen molar-refractivity contribution in [3.05, 3.63) is 0 Å². The van der Waals surface area contributed by atoms with Gasteiger partial charge in [0.05, 0.1) is 6.10 Å². The Morgan fingerprint density at radius 3 is 2.33 bits per heavy atom. The van der Waals surface area contributed by atoms with Gasteiger partial charge in [0.25, 0.3) is 0 Å². The Balaban J connectivity index is 3.31. The van der Waals surface area contributed by atoms with Crippen molar-refractivity contribution in [1.82, 2.24) is 0 Å². The summed E-state index contributed by atoms with van der Waals surface area (Å²) in [6, 6.07) is 0. The Hall–Kier alpha value is -0.290. The summed E-state index contributed by atoms with van der Waals surface area (Å²) in [5, 5.41) is 9.05. The fraction of sp³-hybridized carbons (Fsp3) is 1.00. The summed E-state index contributed by atoms with van der Waals surface area (Å²) < 4.78 is 39.4. The fourth-order valence-corrected chi connectivity index (χ4v) is 1.42. The Bertz CT molecular complexity index is 157. The largest absolute Gasteiger partial charge is 0.411 e. The van der Waals surface area contributed by atoms with E-state index in [2.05, 4.69) is 4.74 Å². The van der Waals surface area contributed by atoms with Gasteiger partial charge in [0, 0.05) is 6.61 Å². The van der Waals surface area contributed by atoms with Crippen LogP contribution in [0.1, 0.15) is 33.1 Å². The third-order valence-electron chi connectivity index (χ3n) is 1.99. The third-order valence-corrected chi connectivity index (χ3v) is 1.99. The second kappa shape index (κ2) is 7.06. The third kappa shape index (κ3) is 11.6. The maximum atomic E-state index is 11.7. The van der Waals surface area contributed by atoms with Gasteiger partial charge in [0.2, 0.25) is 0 Å². The minimum atomic E-state index is -4.23. The molecular weight excluding hydrogens is 209 g/mol. The molecule has 2 unspecified atom stereocenters. The van der Waals surface area contributed by atoms with Gasteiger partial charge in [0.15, 0.2) is 0 Å². The highest BCUT2D eigenvalue weighted by atomic mass is 19.4. The lowest BCUT2D eigenvalue weighted by Gasteiger charge is -2.13. The molecule has 0 amide bonds. The molecule has 2 atom stereocenters. The van der Waals surface area contributed by atoms with Crippen molar-refractivity contribution in [2.24, 2.45) is 5.92 Å². The van der Waals surface area contributed by atoms with E-state index in [1.165, 1.54) is 0 Å². The van der Waals surface area contributed by atoms with Crippen molar-refractivity contribution < 1.29 is 23.0 Å². The Morgan fingerprint density at radius 2 is 1.87 bits per heavy atom. The minimum absolute atomic E-state index is 0.129. The zero-order valence-electron chi connectivity index (χ0n) is 9.18. The van der Waals surface area contributed by atoms with Crippen LogP contribution in [0.2, 0.25) is 0 Å². The van der Waals surface area contributed by atoms with Gasteiger partial charge in [-0.2, -0.15) is 13.2 Å². The van der Waals surface area contributed by atoms with E-state index in [1.54, 1.807) is 6.92 Å². The minimum Gasteiger partial charge on any atom is -0.393 e. The van der Waals surface area contributed by atoms with Gasteiger partial charge >= 0.3 is 6.18 Å². The predicted molar refractivity (Wildman–Crippen MR) is 51.6 cm³/mol. The number of hydrogen-bond donors (Lipinski definition) is 1. The molecule has 2 nitrogen and oxygen atoms in total. The molecular formula is C10H19F3O2. The average molecular weight is 228 g/mol. The molecule has 0 aromatic heterocycles. The number of rotatable bonds is 7. The zero-order valence-corrected chi connectivity index (χ0v) is 9.18. The van der Waals surface area contributed by atoms with Crippen LogP contribution in [0.25, 0.3) is 0 Å². The van der Waals surface area contributed by atoms with Crippen molar-refractivity contribution in [2.45, 2.75) is 45.4 Å². The van der Waals surface area contributed by atoms with Gasteiger partial charge in [0.1, 0.15) is 6.61 Å². The van der Waals surface area contributed by atoms with E-state index < -0.39 is 12.8 Å². The summed E-state index contributed by atoms with van der Waals surface area (Å²) >= 11 is 0. The van der Waals surface area contributed by atoms with Crippen LogP contribution < -0.4 is 0 Å². The molecule has 0 aromatic carbocycles. The van der Waals surface area contributed by atoms with Gasteiger partial charge < -0.3 is 9.84 Å². The first-order chi connectivity index (χ1) is 6.81. The molecule has 0 aliphatic rings. The lowest BCUT2D eigenvalue weighted by Crippen LogP contribution is -2.17. The average Bonchev–Trinajstić information content (AvgIpc) is 1.99. The lowest BCUT2D eigenvalue weighted by atomic mass is 9.99. The molecule has 0 spiro atoms. The predicted octanol–water partition coefficient (Wildman–Crippen LogP) is 2.75. The van der Waals surface area contributed by atoms with Crippen LogP contribution in [-0.2, 0) is 4.74 Å². The first kappa shape index (κ1) is 14.7. The monoisotopic (exact) mass is 228 g/mol. The van der Waals surface area contributed by atoms with Crippen molar-refractivity contribution >= 4 is 0 Å². The van der Waals surface area contributed by atoms with E-state index in [4.69, 9.17) is 5.11 Å². The van der Waals surface area contributed by atoms with E-state index in [-0.39, 0.29) is 12.7 Å². The van der Waals surface area contributed by atoms with Gasteiger partial charge in [-0.15, -0.1) is 0 Å². The van der Waals surface area contributed by atoms with E-state index in [1.807, 2.05) is 6.92 Å². The molecule has 0 heterocycles. The number of alkyl halides is 3. The molecule has 0 aliphatic carbocycles. The van der Waals surface area contributed by atoms with Crippen LogP contribution >= 0.6 is 0 Å². The molecule has 5 heteroatoms. The molecule has 0 fully saturated rings. The molecule has 0 aliphatic heterocycles. The second-order valence-electron chi connectivity index (χ2n) is 4.00. The molecule has 0 bridgehead atoms. The first-order valence-corrected chi connectivity index (χ1v) is 5.14. The summed E-state index contributed by atoms with van der Waals surface area (Å²) in [5.74, 6) is 0.319. The van der Waals surface area contributed by atoms with Crippen LogP contribution in [0.4, 0.5) is 13.2 Å². The van der Waals surface area contributed by atoms with Crippen molar-refractivity contribution in [2.75, 3.05) is 13.2 Å². The summed E-state index contributed by atoms with van der Waals surface area (Å²) in [5.41, 5.74) is 0. The number of aliphatic hydroxyl groups excluding tert-OH is 1. The fourth-order valence-electron chi connectivity index (χ4n) is 1.42. The quantitative estimate of drug-likeness (QED) is 0.679. The first-order valence-electron chi connectivity index (χ1n) is 5.14. The number of hydrogen-bond acceptors (Lipinski definition) is 2. The summed E-state index contributed by atoms with van der Waals surface area (Å²) in [6.45, 7) is 2.63. The van der Waals surface area contributed by atoms with Gasteiger partial charge in [-0.3, -0.25) is 0 Å². The molecule has 15 heavy (non-hydrogen) atoms. The highest BCUT2D eigenvalue weighted by Crippen LogP contribution is 2.16. The topological polar surface area (TPSA) is 29.5 Å². The Labute approximate surface area is 88.4 Å². The molecule has 0 aromatic rings.